The monoisotopic (exact) mass is 256 g/mol. The van der Waals surface area contributed by atoms with Gasteiger partial charge in [-0.15, -0.1) is 0 Å². The van der Waals surface area contributed by atoms with Gasteiger partial charge in [-0.25, -0.2) is 0 Å². The highest BCUT2D eigenvalue weighted by atomic mass is 16.5. The van der Waals surface area contributed by atoms with Gasteiger partial charge in [-0.2, -0.15) is 5.26 Å². The number of carbonyl (C=O) groups is 1. The molecule has 0 aromatic carbocycles. The first-order valence-electron chi connectivity index (χ1n) is 6.40. The van der Waals surface area contributed by atoms with Gasteiger partial charge >= 0.3 is 0 Å². The van der Waals surface area contributed by atoms with E-state index in [1.807, 2.05) is 20.8 Å². The van der Waals surface area contributed by atoms with Crippen LogP contribution in [0.1, 0.15) is 34.1 Å². The van der Waals surface area contributed by atoms with Crippen molar-refractivity contribution in [3.05, 3.63) is 0 Å². The maximum absolute atomic E-state index is 11.7. The van der Waals surface area contributed by atoms with Crippen molar-refractivity contribution in [2.24, 2.45) is 5.92 Å². The molecular formula is C13H24N2O3. The zero-order valence-electron chi connectivity index (χ0n) is 11.7. The standard InChI is InChI=1S/C13H24N2O3/c1-5-17-6-7-18-11(4)13(16)15-12(9-14)8-10(2)3/h10-12H,5-8H2,1-4H3,(H,15,16)/t11-,12+/m1/s1. The minimum absolute atomic E-state index is 0.251. The highest BCUT2D eigenvalue weighted by molar-refractivity contribution is 5.80. The number of carbonyl (C=O) groups excluding carboxylic acids is 1. The van der Waals surface area contributed by atoms with Gasteiger partial charge in [0.15, 0.2) is 0 Å². The van der Waals surface area contributed by atoms with Gasteiger partial charge in [-0.3, -0.25) is 4.79 Å². The molecule has 0 aromatic heterocycles. The van der Waals surface area contributed by atoms with E-state index in [9.17, 15) is 4.79 Å². The molecule has 0 radical (unpaired) electrons. The molecular weight excluding hydrogens is 232 g/mol. The summed E-state index contributed by atoms with van der Waals surface area (Å²) in [6, 6.07) is 1.63. The van der Waals surface area contributed by atoms with E-state index < -0.39 is 12.1 Å². The molecule has 0 fully saturated rings. The van der Waals surface area contributed by atoms with E-state index in [4.69, 9.17) is 14.7 Å². The van der Waals surface area contributed by atoms with E-state index in [0.29, 0.717) is 32.2 Å². The summed E-state index contributed by atoms with van der Waals surface area (Å²) >= 11 is 0. The second-order valence-electron chi connectivity index (χ2n) is 4.53. The Morgan fingerprint density at radius 3 is 2.50 bits per heavy atom. The Bertz CT molecular complexity index is 274. The number of rotatable bonds is 9. The average Bonchev–Trinajstić information content (AvgIpc) is 2.32. The van der Waals surface area contributed by atoms with Crippen molar-refractivity contribution < 1.29 is 14.3 Å². The van der Waals surface area contributed by atoms with Gasteiger partial charge in [-0.05, 0) is 26.2 Å². The Balaban J connectivity index is 3.94. The fourth-order valence-electron chi connectivity index (χ4n) is 1.41. The predicted molar refractivity (Wildman–Crippen MR) is 68.9 cm³/mol. The topological polar surface area (TPSA) is 71.3 Å². The Morgan fingerprint density at radius 2 is 2.00 bits per heavy atom. The van der Waals surface area contributed by atoms with Crippen molar-refractivity contribution in [2.75, 3.05) is 19.8 Å². The molecule has 0 saturated heterocycles. The molecule has 18 heavy (non-hydrogen) atoms. The maximum Gasteiger partial charge on any atom is 0.249 e. The molecule has 0 spiro atoms. The number of nitrogens with zero attached hydrogens (tertiary/aromatic N) is 1. The van der Waals surface area contributed by atoms with Crippen molar-refractivity contribution in [1.82, 2.24) is 5.32 Å². The molecule has 104 valence electrons. The zero-order chi connectivity index (χ0) is 14.0. The number of ether oxygens (including phenoxy) is 2. The summed E-state index contributed by atoms with van der Waals surface area (Å²) in [5.41, 5.74) is 0. The van der Waals surface area contributed by atoms with E-state index in [0.717, 1.165) is 0 Å². The van der Waals surface area contributed by atoms with Crippen LogP contribution in [0.5, 0.6) is 0 Å². The van der Waals surface area contributed by atoms with Crippen molar-refractivity contribution in [3.8, 4) is 6.07 Å². The van der Waals surface area contributed by atoms with Gasteiger partial charge in [-0.1, -0.05) is 13.8 Å². The van der Waals surface area contributed by atoms with Crippen LogP contribution < -0.4 is 5.32 Å². The molecule has 0 aromatic rings. The third-order valence-electron chi connectivity index (χ3n) is 2.35. The minimum atomic E-state index is -0.562. The lowest BCUT2D eigenvalue weighted by Gasteiger charge is -2.17. The summed E-state index contributed by atoms with van der Waals surface area (Å²) in [6.45, 7) is 9.09. The lowest BCUT2D eigenvalue weighted by atomic mass is 10.0. The highest BCUT2D eigenvalue weighted by Gasteiger charge is 2.18. The maximum atomic E-state index is 11.7. The van der Waals surface area contributed by atoms with Crippen molar-refractivity contribution in [2.45, 2.75) is 46.3 Å². The lowest BCUT2D eigenvalue weighted by molar-refractivity contribution is -0.133. The van der Waals surface area contributed by atoms with Crippen molar-refractivity contribution in [1.29, 1.82) is 5.26 Å². The molecule has 0 heterocycles. The largest absolute Gasteiger partial charge is 0.379 e. The van der Waals surface area contributed by atoms with E-state index in [-0.39, 0.29) is 5.91 Å². The van der Waals surface area contributed by atoms with Gasteiger partial charge in [0.05, 0.1) is 19.3 Å². The Kier molecular flexibility index (Phi) is 9.25. The normalized spacial score (nSPS) is 14.0. The fourth-order valence-corrected chi connectivity index (χ4v) is 1.41. The van der Waals surface area contributed by atoms with Gasteiger partial charge in [0, 0.05) is 6.61 Å². The van der Waals surface area contributed by atoms with E-state index in [1.165, 1.54) is 0 Å². The number of nitriles is 1. The fraction of sp³-hybridized carbons (Fsp3) is 0.846. The summed E-state index contributed by atoms with van der Waals surface area (Å²) in [7, 11) is 0. The molecule has 0 unspecified atom stereocenters. The minimum Gasteiger partial charge on any atom is -0.379 e. The molecule has 5 nitrogen and oxygen atoms in total. The SMILES string of the molecule is CCOCCO[C@H](C)C(=O)N[C@H](C#N)CC(C)C. The lowest BCUT2D eigenvalue weighted by Crippen LogP contribution is -2.41. The molecule has 1 amide bonds. The van der Waals surface area contributed by atoms with Crippen molar-refractivity contribution >= 4 is 5.91 Å². The predicted octanol–water partition coefficient (Wildman–Crippen LogP) is 1.48. The molecule has 0 rings (SSSR count). The molecule has 2 atom stereocenters. The first-order chi connectivity index (χ1) is 8.51. The van der Waals surface area contributed by atoms with Gasteiger partial charge in [0.25, 0.3) is 0 Å². The Hall–Kier alpha value is -1.12. The zero-order valence-corrected chi connectivity index (χ0v) is 11.7. The van der Waals surface area contributed by atoms with Gasteiger partial charge < -0.3 is 14.8 Å². The third kappa shape index (κ3) is 8.04. The van der Waals surface area contributed by atoms with Crippen LogP contribution >= 0.6 is 0 Å². The number of nitrogens with one attached hydrogen (secondary N) is 1. The van der Waals surface area contributed by atoms with E-state index in [2.05, 4.69) is 11.4 Å². The van der Waals surface area contributed by atoms with Crippen LogP contribution in [0.4, 0.5) is 0 Å². The summed E-state index contributed by atoms with van der Waals surface area (Å²) in [5, 5.41) is 11.6. The van der Waals surface area contributed by atoms with Crippen LogP contribution in [0.2, 0.25) is 0 Å². The smallest absolute Gasteiger partial charge is 0.249 e. The summed E-state index contributed by atoms with van der Waals surface area (Å²) in [6.07, 6.45) is 0.0851. The second-order valence-corrected chi connectivity index (χ2v) is 4.53. The van der Waals surface area contributed by atoms with Gasteiger partial charge in [0.1, 0.15) is 12.1 Å². The van der Waals surface area contributed by atoms with Crippen LogP contribution in [-0.2, 0) is 14.3 Å². The second kappa shape index (κ2) is 9.86. The average molecular weight is 256 g/mol. The van der Waals surface area contributed by atoms with Crippen molar-refractivity contribution in [3.63, 3.8) is 0 Å². The molecule has 0 saturated carbocycles. The highest BCUT2D eigenvalue weighted by Crippen LogP contribution is 2.04. The quantitative estimate of drug-likeness (QED) is 0.634. The molecule has 0 bridgehead atoms. The molecule has 5 heteroatoms. The molecule has 0 aliphatic heterocycles. The van der Waals surface area contributed by atoms with Crippen LogP contribution in [-0.4, -0.2) is 37.9 Å². The third-order valence-corrected chi connectivity index (χ3v) is 2.35. The molecule has 1 N–H and O–H groups in total. The Morgan fingerprint density at radius 1 is 1.33 bits per heavy atom. The summed E-state index contributed by atoms with van der Waals surface area (Å²) in [5.74, 6) is 0.114. The van der Waals surface area contributed by atoms with Crippen LogP contribution in [0.15, 0.2) is 0 Å². The molecule has 0 aliphatic carbocycles. The Labute approximate surface area is 109 Å². The van der Waals surface area contributed by atoms with Crippen LogP contribution in [0, 0.1) is 17.2 Å². The number of amides is 1. The summed E-state index contributed by atoms with van der Waals surface area (Å²) in [4.78, 5) is 11.7. The number of hydrogen-bond donors (Lipinski definition) is 1. The number of hydrogen-bond acceptors (Lipinski definition) is 4. The van der Waals surface area contributed by atoms with E-state index in [1.54, 1.807) is 6.92 Å². The summed E-state index contributed by atoms with van der Waals surface area (Å²) < 4.78 is 10.4. The van der Waals surface area contributed by atoms with Gasteiger partial charge in [0.2, 0.25) is 5.91 Å². The first-order valence-corrected chi connectivity index (χ1v) is 6.40. The first kappa shape index (κ1) is 16.9. The molecule has 0 aliphatic rings. The van der Waals surface area contributed by atoms with Crippen LogP contribution in [0.3, 0.4) is 0 Å². The van der Waals surface area contributed by atoms with Crippen LogP contribution in [0.25, 0.3) is 0 Å². The van der Waals surface area contributed by atoms with E-state index >= 15 is 0 Å².